The first-order valence-electron chi connectivity index (χ1n) is 6.05. The van der Waals surface area contributed by atoms with Crippen LogP contribution in [-0.4, -0.2) is 25.0 Å². The predicted octanol–water partition coefficient (Wildman–Crippen LogP) is 1.61. The summed E-state index contributed by atoms with van der Waals surface area (Å²) in [7, 11) is 0. The van der Waals surface area contributed by atoms with Gasteiger partial charge >= 0.3 is 5.97 Å². The van der Waals surface area contributed by atoms with E-state index in [2.05, 4.69) is 5.32 Å². The van der Waals surface area contributed by atoms with Crippen LogP contribution in [0.5, 0.6) is 0 Å². The van der Waals surface area contributed by atoms with E-state index in [0.29, 0.717) is 18.2 Å². The van der Waals surface area contributed by atoms with Gasteiger partial charge < -0.3 is 15.8 Å². The minimum absolute atomic E-state index is 0.164. The average Bonchev–Trinajstić information content (AvgIpc) is 3.20. The van der Waals surface area contributed by atoms with Crippen LogP contribution in [-0.2, 0) is 9.53 Å². The number of amides is 1. The number of carbonyl (C=O) groups excluding carboxylic acids is 2. The maximum Gasteiger partial charge on any atom is 0.340 e. The molecule has 0 saturated heterocycles. The smallest absolute Gasteiger partial charge is 0.340 e. The minimum Gasteiger partial charge on any atom is -0.452 e. The third-order valence-corrected chi connectivity index (χ3v) is 3.16. The highest BCUT2D eigenvalue weighted by atomic mass is 35.5. The molecule has 1 aromatic rings. The van der Waals surface area contributed by atoms with Gasteiger partial charge in [0.2, 0.25) is 0 Å². The first-order valence-corrected chi connectivity index (χ1v) is 6.43. The molecule has 1 aliphatic rings. The molecule has 0 aliphatic heterocycles. The summed E-state index contributed by atoms with van der Waals surface area (Å²) in [4.78, 5) is 23.1. The second-order valence-corrected chi connectivity index (χ2v) is 4.97. The van der Waals surface area contributed by atoms with E-state index >= 15 is 0 Å². The van der Waals surface area contributed by atoms with Crippen molar-refractivity contribution in [3.8, 4) is 0 Å². The van der Waals surface area contributed by atoms with Crippen molar-refractivity contribution in [2.75, 3.05) is 18.9 Å². The molecule has 19 heavy (non-hydrogen) atoms. The van der Waals surface area contributed by atoms with Crippen molar-refractivity contribution in [1.29, 1.82) is 0 Å². The van der Waals surface area contributed by atoms with Crippen LogP contribution < -0.4 is 11.1 Å². The molecule has 1 aromatic carbocycles. The van der Waals surface area contributed by atoms with Crippen molar-refractivity contribution in [2.24, 2.45) is 5.92 Å². The summed E-state index contributed by atoms with van der Waals surface area (Å²) < 4.78 is 4.89. The lowest BCUT2D eigenvalue weighted by Crippen LogP contribution is -2.30. The molecule has 1 aliphatic carbocycles. The SMILES string of the molecule is Nc1ccc(Cl)c(C(=O)OCC(=O)NCC2CC2)c1. The molecule has 2 rings (SSSR count). The van der Waals surface area contributed by atoms with Gasteiger partial charge in [-0.15, -0.1) is 0 Å². The van der Waals surface area contributed by atoms with Crippen LogP contribution in [0.3, 0.4) is 0 Å². The van der Waals surface area contributed by atoms with E-state index in [4.69, 9.17) is 22.1 Å². The normalized spacial score (nSPS) is 13.9. The van der Waals surface area contributed by atoms with Crippen LogP contribution in [0.2, 0.25) is 5.02 Å². The maximum absolute atomic E-state index is 11.7. The molecule has 5 nitrogen and oxygen atoms in total. The molecule has 3 N–H and O–H groups in total. The van der Waals surface area contributed by atoms with Crippen molar-refractivity contribution >= 4 is 29.2 Å². The molecule has 1 saturated carbocycles. The highest BCUT2D eigenvalue weighted by molar-refractivity contribution is 6.33. The Bertz CT molecular complexity index is 501. The summed E-state index contributed by atoms with van der Waals surface area (Å²) in [5, 5.41) is 2.95. The molecule has 0 heterocycles. The fourth-order valence-corrected chi connectivity index (χ4v) is 1.73. The minimum atomic E-state index is -0.654. The van der Waals surface area contributed by atoms with E-state index in [1.54, 1.807) is 6.07 Å². The average molecular weight is 283 g/mol. The van der Waals surface area contributed by atoms with Gasteiger partial charge in [-0.2, -0.15) is 0 Å². The second kappa shape index (κ2) is 5.93. The van der Waals surface area contributed by atoms with Gasteiger partial charge in [0.25, 0.3) is 5.91 Å². The Morgan fingerprint density at radius 2 is 2.16 bits per heavy atom. The number of nitrogens with one attached hydrogen (secondary N) is 1. The molecule has 1 amide bonds. The largest absolute Gasteiger partial charge is 0.452 e. The van der Waals surface area contributed by atoms with Crippen molar-refractivity contribution in [3.05, 3.63) is 28.8 Å². The summed E-state index contributed by atoms with van der Waals surface area (Å²) in [6.07, 6.45) is 2.30. The molecule has 0 bridgehead atoms. The lowest BCUT2D eigenvalue weighted by molar-refractivity contribution is -0.124. The van der Waals surface area contributed by atoms with Gasteiger partial charge in [-0.3, -0.25) is 4.79 Å². The van der Waals surface area contributed by atoms with Crippen LogP contribution in [0.4, 0.5) is 5.69 Å². The Morgan fingerprint density at radius 3 is 2.84 bits per heavy atom. The number of rotatable bonds is 5. The fraction of sp³-hybridized carbons (Fsp3) is 0.385. The molecular weight excluding hydrogens is 268 g/mol. The second-order valence-electron chi connectivity index (χ2n) is 4.56. The van der Waals surface area contributed by atoms with Gasteiger partial charge in [-0.05, 0) is 37.0 Å². The Morgan fingerprint density at radius 1 is 1.42 bits per heavy atom. The first-order chi connectivity index (χ1) is 9.06. The molecule has 0 atom stereocenters. The number of halogens is 1. The summed E-state index contributed by atoms with van der Waals surface area (Å²) in [5.41, 5.74) is 6.14. The van der Waals surface area contributed by atoms with Crippen molar-refractivity contribution in [3.63, 3.8) is 0 Å². The third-order valence-electron chi connectivity index (χ3n) is 2.83. The van der Waals surface area contributed by atoms with E-state index in [-0.39, 0.29) is 23.1 Å². The van der Waals surface area contributed by atoms with E-state index in [1.165, 1.54) is 12.1 Å². The molecule has 0 spiro atoms. The van der Waals surface area contributed by atoms with E-state index in [9.17, 15) is 9.59 Å². The summed E-state index contributed by atoms with van der Waals surface area (Å²) in [6, 6.07) is 4.52. The summed E-state index contributed by atoms with van der Waals surface area (Å²) >= 11 is 5.86. The summed E-state index contributed by atoms with van der Waals surface area (Å²) in [6.45, 7) is 0.339. The Hall–Kier alpha value is -1.75. The number of ether oxygens (including phenoxy) is 1. The maximum atomic E-state index is 11.7. The molecule has 0 unspecified atom stereocenters. The number of nitrogens with two attached hydrogens (primary N) is 1. The Balaban J connectivity index is 1.82. The number of nitrogen functional groups attached to an aromatic ring is 1. The van der Waals surface area contributed by atoms with Crippen molar-refractivity contribution < 1.29 is 14.3 Å². The van der Waals surface area contributed by atoms with E-state index in [0.717, 1.165) is 12.8 Å². The lowest BCUT2D eigenvalue weighted by atomic mass is 10.2. The number of hydrogen-bond acceptors (Lipinski definition) is 4. The number of esters is 1. The van der Waals surface area contributed by atoms with Gasteiger partial charge in [-0.25, -0.2) is 4.79 Å². The molecule has 0 radical (unpaired) electrons. The van der Waals surface area contributed by atoms with Crippen LogP contribution in [0.25, 0.3) is 0 Å². The van der Waals surface area contributed by atoms with Crippen LogP contribution in [0.1, 0.15) is 23.2 Å². The third kappa shape index (κ3) is 4.13. The predicted molar refractivity (Wildman–Crippen MR) is 71.9 cm³/mol. The number of carbonyl (C=O) groups is 2. The van der Waals surface area contributed by atoms with Gasteiger partial charge in [0.15, 0.2) is 6.61 Å². The van der Waals surface area contributed by atoms with Gasteiger partial charge in [0.05, 0.1) is 10.6 Å². The molecular formula is C13H15ClN2O3. The van der Waals surface area contributed by atoms with Crippen LogP contribution >= 0.6 is 11.6 Å². The molecule has 1 fully saturated rings. The monoisotopic (exact) mass is 282 g/mol. The standard InChI is InChI=1S/C13H15ClN2O3/c14-11-4-3-9(15)5-10(11)13(18)19-7-12(17)16-6-8-1-2-8/h3-5,8H,1-2,6-7,15H2,(H,16,17). The van der Waals surface area contributed by atoms with Crippen molar-refractivity contribution in [1.82, 2.24) is 5.32 Å². The topological polar surface area (TPSA) is 81.4 Å². The van der Waals surface area contributed by atoms with Crippen molar-refractivity contribution in [2.45, 2.75) is 12.8 Å². The zero-order chi connectivity index (χ0) is 13.8. The number of benzene rings is 1. The summed E-state index contributed by atoms with van der Waals surface area (Å²) in [5.74, 6) is -0.373. The molecule has 6 heteroatoms. The lowest BCUT2D eigenvalue weighted by Gasteiger charge is -2.07. The van der Waals surface area contributed by atoms with Gasteiger partial charge in [0.1, 0.15) is 0 Å². The van der Waals surface area contributed by atoms with Crippen LogP contribution in [0.15, 0.2) is 18.2 Å². The number of anilines is 1. The van der Waals surface area contributed by atoms with E-state index in [1.807, 2.05) is 0 Å². The zero-order valence-corrected chi connectivity index (χ0v) is 11.1. The Labute approximate surface area is 116 Å². The number of hydrogen-bond donors (Lipinski definition) is 2. The highest BCUT2D eigenvalue weighted by Gasteiger charge is 2.22. The molecule has 102 valence electrons. The highest BCUT2D eigenvalue weighted by Crippen LogP contribution is 2.27. The van der Waals surface area contributed by atoms with Gasteiger partial charge in [0, 0.05) is 12.2 Å². The van der Waals surface area contributed by atoms with Gasteiger partial charge in [-0.1, -0.05) is 11.6 Å². The quantitative estimate of drug-likeness (QED) is 0.635. The van der Waals surface area contributed by atoms with E-state index < -0.39 is 5.97 Å². The first kappa shape index (κ1) is 13.7. The fourth-order valence-electron chi connectivity index (χ4n) is 1.54. The molecule has 0 aromatic heterocycles. The van der Waals surface area contributed by atoms with Crippen LogP contribution in [0, 0.1) is 5.92 Å². The Kier molecular flexibility index (Phi) is 4.27. The zero-order valence-electron chi connectivity index (χ0n) is 10.3.